The lowest BCUT2D eigenvalue weighted by atomic mass is 10.1. The number of ether oxygens (including phenoxy) is 1. The summed E-state index contributed by atoms with van der Waals surface area (Å²) in [5, 5.41) is 9.45. The number of carbonyl (C=O) groups excluding carboxylic acids is 2. The van der Waals surface area contributed by atoms with E-state index >= 15 is 0 Å². The Morgan fingerprint density at radius 1 is 1.50 bits per heavy atom. The average molecular weight is 291 g/mol. The maximum atomic E-state index is 13.3. The number of Topliss-reactive ketones (excluding diaryl/α,β-unsaturated/α-hetero) is 1. The fourth-order valence-corrected chi connectivity index (χ4v) is 1.39. The van der Waals surface area contributed by atoms with Crippen LogP contribution >= 0.6 is 15.9 Å². The molecule has 0 aromatic heterocycles. The number of hydrogen-bond donors (Lipinski definition) is 1. The number of phenols is 1. The second kappa shape index (κ2) is 5.07. The van der Waals surface area contributed by atoms with Crippen LogP contribution in [0.15, 0.2) is 16.6 Å². The van der Waals surface area contributed by atoms with E-state index in [9.17, 15) is 19.1 Å². The largest absolute Gasteiger partial charge is 0.506 e. The van der Waals surface area contributed by atoms with Gasteiger partial charge in [-0.15, -0.1) is 0 Å². The van der Waals surface area contributed by atoms with Crippen LogP contribution in [0.2, 0.25) is 0 Å². The van der Waals surface area contributed by atoms with Gasteiger partial charge in [-0.05, 0) is 35.0 Å². The minimum atomic E-state index is -1.21. The minimum absolute atomic E-state index is 0.000950. The Hall–Kier alpha value is -1.43. The molecule has 4 nitrogen and oxygen atoms in total. The average Bonchev–Trinajstić information content (AvgIpc) is 2.24. The van der Waals surface area contributed by atoms with Crippen LogP contribution < -0.4 is 0 Å². The number of aromatic hydroxyl groups is 1. The van der Waals surface area contributed by atoms with Crippen molar-refractivity contribution in [2.75, 3.05) is 6.61 Å². The number of esters is 1. The third-order valence-corrected chi connectivity index (χ3v) is 2.41. The smallest absolute Gasteiger partial charge is 0.379 e. The first-order valence-corrected chi connectivity index (χ1v) is 5.16. The molecule has 16 heavy (non-hydrogen) atoms. The van der Waals surface area contributed by atoms with Crippen LogP contribution in [0.4, 0.5) is 4.39 Å². The van der Waals surface area contributed by atoms with Gasteiger partial charge in [0.15, 0.2) is 0 Å². The summed E-state index contributed by atoms with van der Waals surface area (Å²) in [6.07, 6.45) is 0. The maximum Gasteiger partial charge on any atom is 0.379 e. The summed E-state index contributed by atoms with van der Waals surface area (Å²) < 4.78 is 17.8. The molecule has 0 radical (unpaired) electrons. The van der Waals surface area contributed by atoms with Crippen LogP contribution in [0.3, 0.4) is 0 Å². The Kier molecular flexibility index (Phi) is 4.00. The lowest BCUT2D eigenvalue weighted by Crippen LogP contribution is -2.19. The third kappa shape index (κ3) is 2.38. The van der Waals surface area contributed by atoms with Crippen molar-refractivity contribution in [2.45, 2.75) is 6.92 Å². The van der Waals surface area contributed by atoms with Crippen molar-refractivity contribution in [1.82, 2.24) is 0 Å². The molecule has 0 heterocycles. The van der Waals surface area contributed by atoms with E-state index < -0.39 is 28.9 Å². The Bertz CT molecular complexity index is 445. The fraction of sp³-hybridized carbons (Fsp3) is 0.200. The van der Waals surface area contributed by atoms with E-state index in [2.05, 4.69) is 20.7 Å². The molecule has 1 aromatic carbocycles. The molecule has 0 unspecified atom stereocenters. The molecule has 0 fully saturated rings. The van der Waals surface area contributed by atoms with Gasteiger partial charge >= 0.3 is 5.97 Å². The van der Waals surface area contributed by atoms with Gasteiger partial charge in [-0.3, -0.25) is 4.79 Å². The molecular weight excluding hydrogens is 283 g/mol. The summed E-state index contributed by atoms with van der Waals surface area (Å²) in [7, 11) is 0. The summed E-state index contributed by atoms with van der Waals surface area (Å²) in [6.45, 7) is 1.52. The van der Waals surface area contributed by atoms with Gasteiger partial charge in [-0.1, -0.05) is 0 Å². The van der Waals surface area contributed by atoms with Gasteiger partial charge in [0.1, 0.15) is 17.1 Å². The van der Waals surface area contributed by atoms with Gasteiger partial charge < -0.3 is 9.84 Å². The first-order valence-electron chi connectivity index (χ1n) is 4.37. The molecule has 1 N–H and O–H groups in total. The minimum Gasteiger partial charge on any atom is -0.506 e. The highest BCUT2D eigenvalue weighted by Gasteiger charge is 2.26. The fourth-order valence-electron chi connectivity index (χ4n) is 1.06. The van der Waals surface area contributed by atoms with Gasteiger partial charge in [0, 0.05) is 0 Å². The predicted octanol–water partition coefficient (Wildman–Crippen LogP) is 2.04. The van der Waals surface area contributed by atoms with Crippen molar-refractivity contribution in [3.63, 3.8) is 0 Å². The topological polar surface area (TPSA) is 63.6 Å². The van der Waals surface area contributed by atoms with Crippen molar-refractivity contribution in [2.24, 2.45) is 0 Å². The number of phenolic OH excluding ortho intramolecular Hbond substituents is 1. The molecule has 0 bridgehead atoms. The summed E-state index contributed by atoms with van der Waals surface area (Å²) in [5.41, 5.74) is -0.687. The number of ketones is 1. The zero-order chi connectivity index (χ0) is 12.3. The van der Waals surface area contributed by atoms with Crippen molar-refractivity contribution in [1.29, 1.82) is 0 Å². The number of halogens is 2. The molecule has 1 aromatic rings. The van der Waals surface area contributed by atoms with Gasteiger partial charge in [0.05, 0.1) is 11.1 Å². The SMILES string of the molecule is CCOC(=O)C(=O)c1c(F)ccc(Br)c1O. The van der Waals surface area contributed by atoms with Crippen LogP contribution in [0.1, 0.15) is 17.3 Å². The summed E-state index contributed by atoms with van der Waals surface area (Å²) in [5.74, 6) is -4.00. The number of hydrogen-bond acceptors (Lipinski definition) is 4. The Balaban J connectivity index is 3.18. The van der Waals surface area contributed by atoms with Gasteiger partial charge in [0.25, 0.3) is 5.78 Å². The highest BCUT2D eigenvalue weighted by molar-refractivity contribution is 9.10. The predicted molar refractivity (Wildman–Crippen MR) is 56.7 cm³/mol. The second-order valence-electron chi connectivity index (χ2n) is 2.80. The molecule has 0 amide bonds. The Morgan fingerprint density at radius 3 is 2.69 bits per heavy atom. The zero-order valence-electron chi connectivity index (χ0n) is 8.29. The van der Waals surface area contributed by atoms with Crippen molar-refractivity contribution < 1.29 is 23.8 Å². The lowest BCUT2D eigenvalue weighted by Gasteiger charge is -2.06. The summed E-state index contributed by atoms with van der Waals surface area (Å²) >= 11 is 2.92. The monoisotopic (exact) mass is 290 g/mol. The van der Waals surface area contributed by atoms with Crippen molar-refractivity contribution in [3.8, 4) is 5.75 Å². The molecular formula is C10H8BrFO4. The first kappa shape index (κ1) is 12.6. The quantitative estimate of drug-likeness (QED) is 0.526. The standard InChI is InChI=1S/C10H8BrFO4/c1-2-16-10(15)9(14)7-6(12)4-3-5(11)8(7)13/h3-4,13H,2H2,1H3. The summed E-state index contributed by atoms with van der Waals surface area (Å²) in [4.78, 5) is 22.5. The molecule has 0 aliphatic carbocycles. The zero-order valence-corrected chi connectivity index (χ0v) is 9.88. The molecule has 6 heteroatoms. The third-order valence-electron chi connectivity index (χ3n) is 1.77. The second-order valence-corrected chi connectivity index (χ2v) is 3.66. The van der Waals surface area contributed by atoms with E-state index in [1.807, 2.05) is 0 Å². The van der Waals surface area contributed by atoms with Gasteiger partial charge in [-0.25, -0.2) is 9.18 Å². The van der Waals surface area contributed by atoms with Crippen LogP contribution in [0, 0.1) is 5.82 Å². The summed E-state index contributed by atoms with van der Waals surface area (Å²) in [6, 6.07) is 2.20. The van der Waals surface area contributed by atoms with Gasteiger partial charge in [-0.2, -0.15) is 0 Å². The molecule has 0 saturated carbocycles. The van der Waals surface area contributed by atoms with E-state index in [0.717, 1.165) is 6.07 Å². The van der Waals surface area contributed by atoms with Crippen molar-refractivity contribution >= 4 is 27.7 Å². The molecule has 0 atom stereocenters. The number of benzene rings is 1. The first-order chi connectivity index (χ1) is 7.49. The van der Waals surface area contributed by atoms with Crippen molar-refractivity contribution in [3.05, 3.63) is 28.0 Å². The molecule has 86 valence electrons. The maximum absolute atomic E-state index is 13.3. The van der Waals surface area contributed by atoms with E-state index in [1.54, 1.807) is 0 Å². The normalized spacial score (nSPS) is 9.94. The Labute approximate surface area is 99.2 Å². The van der Waals surface area contributed by atoms with Crippen LogP contribution in [0.5, 0.6) is 5.75 Å². The molecule has 0 aliphatic rings. The van der Waals surface area contributed by atoms with Gasteiger partial charge in [0.2, 0.25) is 0 Å². The lowest BCUT2D eigenvalue weighted by molar-refractivity contribution is -0.137. The molecule has 0 spiro atoms. The van der Waals surface area contributed by atoms with E-state index in [4.69, 9.17) is 0 Å². The number of carbonyl (C=O) groups is 2. The highest BCUT2D eigenvalue weighted by atomic mass is 79.9. The molecule has 0 saturated heterocycles. The van der Waals surface area contributed by atoms with Crippen LogP contribution in [0.25, 0.3) is 0 Å². The molecule has 1 rings (SSSR count). The van der Waals surface area contributed by atoms with Crippen LogP contribution in [-0.4, -0.2) is 23.5 Å². The number of rotatable bonds is 3. The highest BCUT2D eigenvalue weighted by Crippen LogP contribution is 2.30. The van der Waals surface area contributed by atoms with E-state index in [1.165, 1.54) is 13.0 Å². The molecule has 0 aliphatic heterocycles. The van der Waals surface area contributed by atoms with Crippen LogP contribution in [-0.2, 0) is 9.53 Å². The Morgan fingerprint density at radius 2 is 2.12 bits per heavy atom. The van der Waals surface area contributed by atoms with E-state index in [-0.39, 0.29) is 11.1 Å². The van der Waals surface area contributed by atoms with E-state index in [0.29, 0.717) is 0 Å².